The summed E-state index contributed by atoms with van der Waals surface area (Å²) in [7, 11) is 0. The molecule has 0 bridgehead atoms. The Balaban J connectivity index is 1.86. The van der Waals surface area contributed by atoms with Crippen molar-refractivity contribution in [2.75, 3.05) is 0 Å². The van der Waals surface area contributed by atoms with Crippen molar-refractivity contribution in [3.63, 3.8) is 0 Å². The highest BCUT2D eigenvalue weighted by atomic mass is 15.4. The van der Waals surface area contributed by atoms with E-state index in [4.69, 9.17) is 0 Å². The van der Waals surface area contributed by atoms with Crippen LogP contribution in [0.2, 0.25) is 0 Å². The molecule has 1 atom stereocenters. The highest BCUT2D eigenvalue weighted by molar-refractivity contribution is 6.02. The summed E-state index contributed by atoms with van der Waals surface area (Å²) < 4.78 is 0. The molecule has 1 aliphatic heterocycles. The largest absolute Gasteiger partial charge is 0.299 e. The summed E-state index contributed by atoms with van der Waals surface area (Å²) in [6.45, 7) is 2.20. The Hall–Kier alpha value is -2.09. The average molecular weight is 236 g/mol. The third-order valence-corrected chi connectivity index (χ3v) is 3.48. The van der Waals surface area contributed by atoms with E-state index in [9.17, 15) is 0 Å². The minimum Gasteiger partial charge on any atom is -0.299 e. The van der Waals surface area contributed by atoms with E-state index in [0.29, 0.717) is 0 Å². The first-order valence-electron chi connectivity index (χ1n) is 6.23. The maximum Gasteiger partial charge on any atom is 0.0825 e. The fraction of sp³-hybridized carbons (Fsp3) is 0.188. The van der Waals surface area contributed by atoms with E-state index >= 15 is 0 Å². The van der Waals surface area contributed by atoms with Crippen molar-refractivity contribution in [2.45, 2.75) is 18.9 Å². The molecule has 18 heavy (non-hydrogen) atoms. The van der Waals surface area contributed by atoms with E-state index in [1.807, 2.05) is 12.1 Å². The zero-order valence-electron chi connectivity index (χ0n) is 10.4. The van der Waals surface area contributed by atoms with Crippen molar-refractivity contribution in [2.24, 2.45) is 5.10 Å². The second-order valence-corrected chi connectivity index (χ2v) is 4.91. The van der Waals surface area contributed by atoms with Gasteiger partial charge in [0, 0.05) is 6.42 Å². The Kier molecular flexibility index (Phi) is 2.63. The van der Waals surface area contributed by atoms with Gasteiger partial charge in [0.2, 0.25) is 0 Å². The smallest absolute Gasteiger partial charge is 0.0825 e. The second-order valence-electron chi connectivity index (χ2n) is 4.91. The van der Waals surface area contributed by atoms with E-state index in [2.05, 4.69) is 66.0 Å². The summed E-state index contributed by atoms with van der Waals surface area (Å²) in [6.07, 6.45) is 0.918. The lowest BCUT2D eigenvalue weighted by Crippen LogP contribution is -2.32. The van der Waals surface area contributed by atoms with Crippen LogP contribution in [0.5, 0.6) is 0 Å². The normalized spacial score (nSPS) is 22.4. The lowest BCUT2D eigenvalue weighted by molar-refractivity contribution is 0.422. The summed E-state index contributed by atoms with van der Waals surface area (Å²) in [5.74, 6) is 0. The van der Waals surface area contributed by atoms with E-state index in [0.717, 1.165) is 12.1 Å². The van der Waals surface area contributed by atoms with Crippen molar-refractivity contribution in [3.8, 4) is 0 Å². The number of benzene rings is 2. The minimum atomic E-state index is -0.0908. The molecule has 0 spiro atoms. The predicted molar refractivity (Wildman–Crippen MR) is 74.5 cm³/mol. The minimum absolute atomic E-state index is 0.0908. The molecule has 0 amide bonds. The highest BCUT2D eigenvalue weighted by Crippen LogP contribution is 2.30. The van der Waals surface area contributed by atoms with Crippen LogP contribution in [0.25, 0.3) is 0 Å². The first kappa shape index (κ1) is 11.0. The number of nitrogens with zero attached hydrogens (tertiary/aromatic N) is 1. The van der Waals surface area contributed by atoms with Crippen LogP contribution in [0.4, 0.5) is 0 Å². The third-order valence-electron chi connectivity index (χ3n) is 3.48. The van der Waals surface area contributed by atoms with Gasteiger partial charge in [-0.3, -0.25) is 5.43 Å². The van der Waals surface area contributed by atoms with Crippen molar-refractivity contribution >= 4 is 5.71 Å². The van der Waals surface area contributed by atoms with Crippen LogP contribution in [-0.4, -0.2) is 5.71 Å². The van der Waals surface area contributed by atoms with Gasteiger partial charge in [0.1, 0.15) is 0 Å². The molecule has 1 aliphatic rings. The van der Waals surface area contributed by atoms with Gasteiger partial charge in [-0.25, -0.2) is 0 Å². The quantitative estimate of drug-likeness (QED) is 0.850. The molecule has 0 aliphatic carbocycles. The molecule has 0 saturated heterocycles. The summed E-state index contributed by atoms with van der Waals surface area (Å²) in [4.78, 5) is 0. The lowest BCUT2D eigenvalue weighted by atomic mass is 9.87. The Morgan fingerprint density at radius 1 is 0.944 bits per heavy atom. The number of hydrogen-bond acceptors (Lipinski definition) is 2. The Labute approximate surface area is 107 Å². The number of hydrogen-bond donors (Lipinski definition) is 1. The van der Waals surface area contributed by atoms with Crippen LogP contribution < -0.4 is 5.43 Å². The zero-order valence-corrected chi connectivity index (χ0v) is 10.4. The van der Waals surface area contributed by atoms with Gasteiger partial charge >= 0.3 is 0 Å². The predicted octanol–water partition coefficient (Wildman–Crippen LogP) is 3.30. The van der Waals surface area contributed by atoms with E-state index in [1.54, 1.807) is 0 Å². The first-order valence-corrected chi connectivity index (χ1v) is 6.23. The van der Waals surface area contributed by atoms with Gasteiger partial charge in [-0.15, -0.1) is 0 Å². The van der Waals surface area contributed by atoms with Crippen LogP contribution in [0, 0.1) is 0 Å². The topological polar surface area (TPSA) is 24.4 Å². The fourth-order valence-corrected chi connectivity index (χ4v) is 2.37. The molecule has 0 radical (unpaired) electrons. The van der Waals surface area contributed by atoms with Gasteiger partial charge in [-0.2, -0.15) is 5.10 Å². The van der Waals surface area contributed by atoms with Crippen LogP contribution in [-0.2, 0) is 5.54 Å². The molecule has 2 heteroatoms. The molecule has 1 heterocycles. The van der Waals surface area contributed by atoms with Crippen LogP contribution in [0.15, 0.2) is 65.8 Å². The molecule has 2 aromatic rings. The maximum absolute atomic E-state index is 4.50. The molecule has 1 unspecified atom stereocenters. The first-order chi connectivity index (χ1) is 8.78. The van der Waals surface area contributed by atoms with E-state index in [1.165, 1.54) is 11.1 Å². The molecule has 0 saturated carbocycles. The van der Waals surface area contributed by atoms with Gasteiger partial charge in [0.05, 0.1) is 11.3 Å². The Bertz CT molecular complexity index is 560. The summed E-state index contributed by atoms with van der Waals surface area (Å²) in [5, 5.41) is 4.50. The average Bonchev–Trinajstić information content (AvgIpc) is 2.85. The lowest BCUT2D eigenvalue weighted by Gasteiger charge is -2.24. The summed E-state index contributed by atoms with van der Waals surface area (Å²) in [6, 6.07) is 20.8. The molecule has 90 valence electrons. The molecule has 0 aromatic heterocycles. The Morgan fingerprint density at radius 3 is 2.22 bits per heavy atom. The molecule has 2 nitrogen and oxygen atoms in total. The van der Waals surface area contributed by atoms with Crippen LogP contribution in [0.3, 0.4) is 0 Å². The second kappa shape index (κ2) is 4.30. The number of hydrazone groups is 1. The van der Waals surface area contributed by atoms with Gasteiger partial charge in [-0.1, -0.05) is 60.7 Å². The van der Waals surface area contributed by atoms with E-state index < -0.39 is 0 Å². The van der Waals surface area contributed by atoms with Gasteiger partial charge in [0.15, 0.2) is 0 Å². The van der Waals surface area contributed by atoms with E-state index in [-0.39, 0.29) is 5.54 Å². The third kappa shape index (κ3) is 1.90. The number of rotatable bonds is 2. The maximum atomic E-state index is 4.50. The molecule has 2 aromatic carbocycles. The van der Waals surface area contributed by atoms with Crippen LogP contribution >= 0.6 is 0 Å². The number of nitrogens with one attached hydrogen (secondary N) is 1. The molecular weight excluding hydrogens is 220 g/mol. The zero-order chi connectivity index (χ0) is 12.4. The summed E-state index contributed by atoms with van der Waals surface area (Å²) >= 11 is 0. The van der Waals surface area contributed by atoms with Crippen LogP contribution in [0.1, 0.15) is 24.5 Å². The van der Waals surface area contributed by atoms with Gasteiger partial charge in [-0.05, 0) is 18.1 Å². The van der Waals surface area contributed by atoms with Gasteiger partial charge in [0.25, 0.3) is 0 Å². The van der Waals surface area contributed by atoms with Crippen molar-refractivity contribution in [1.29, 1.82) is 0 Å². The molecule has 0 fully saturated rings. The standard InChI is InChI=1S/C16H16N2/c1-16(14-10-6-3-7-11-14)12-15(17-18-16)13-8-4-2-5-9-13/h2-11,18H,12H2,1H3. The van der Waals surface area contributed by atoms with Crippen molar-refractivity contribution in [3.05, 3.63) is 71.8 Å². The van der Waals surface area contributed by atoms with Gasteiger partial charge < -0.3 is 0 Å². The highest BCUT2D eigenvalue weighted by Gasteiger charge is 2.32. The monoisotopic (exact) mass is 236 g/mol. The molecule has 3 rings (SSSR count). The molecule has 1 N–H and O–H groups in total. The van der Waals surface area contributed by atoms with Crippen molar-refractivity contribution in [1.82, 2.24) is 5.43 Å². The fourth-order valence-electron chi connectivity index (χ4n) is 2.37. The Morgan fingerprint density at radius 2 is 1.56 bits per heavy atom. The van der Waals surface area contributed by atoms with Crippen molar-refractivity contribution < 1.29 is 0 Å². The SMILES string of the molecule is CC1(c2ccccc2)CC(c2ccccc2)=NN1. The molecular formula is C16H16N2. The summed E-state index contributed by atoms with van der Waals surface area (Å²) in [5.41, 5.74) is 6.80.